The average Bonchev–Trinajstić information content (AvgIpc) is 3.02. The van der Waals surface area contributed by atoms with Crippen LogP contribution in [-0.4, -0.2) is 24.0 Å². The molecule has 5 nitrogen and oxygen atoms in total. The van der Waals surface area contributed by atoms with Gasteiger partial charge in [-0.3, -0.25) is 9.78 Å². The fourth-order valence-corrected chi connectivity index (χ4v) is 3.18. The van der Waals surface area contributed by atoms with E-state index in [2.05, 4.69) is 39.3 Å². The molecule has 0 atom stereocenters. The van der Waals surface area contributed by atoms with E-state index in [0.29, 0.717) is 16.3 Å². The number of thiophene rings is 1. The van der Waals surface area contributed by atoms with Crippen molar-refractivity contribution in [2.45, 2.75) is 6.92 Å². The van der Waals surface area contributed by atoms with Crippen LogP contribution in [0, 0.1) is 0 Å². The number of fused-ring (bicyclic) bond motifs is 1. The van der Waals surface area contributed by atoms with E-state index in [9.17, 15) is 9.59 Å². The van der Waals surface area contributed by atoms with Gasteiger partial charge in [0.2, 0.25) is 5.91 Å². The summed E-state index contributed by atoms with van der Waals surface area (Å²) < 4.78 is 4.66. The zero-order valence-electron chi connectivity index (χ0n) is 13.8. The molecule has 0 bridgehead atoms. The number of anilines is 1. The third-order valence-electron chi connectivity index (χ3n) is 3.46. The number of methoxy groups -OCH3 is 1. The number of nitrogens with zero attached hydrogens (tertiary/aromatic N) is 1. The third kappa shape index (κ3) is 4.10. The van der Waals surface area contributed by atoms with Crippen molar-refractivity contribution in [3.05, 3.63) is 59.6 Å². The molecule has 25 heavy (non-hydrogen) atoms. The maximum atomic E-state index is 11.4. The summed E-state index contributed by atoms with van der Waals surface area (Å²) in [5, 5.41) is 2.71. The van der Waals surface area contributed by atoms with Gasteiger partial charge < -0.3 is 10.1 Å². The summed E-state index contributed by atoms with van der Waals surface area (Å²) in [5.74, 6) is -0.549. The Balaban J connectivity index is 0.000000250. The van der Waals surface area contributed by atoms with E-state index < -0.39 is 0 Å². The number of carbonyl (C=O) groups is 2. The molecule has 2 aliphatic rings. The van der Waals surface area contributed by atoms with Crippen LogP contribution in [0.15, 0.2) is 54.7 Å². The van der Waals surface area contributed by atoms with E-state index in [-0.39, 0.29) is 11.9 Å². The summed E-state index contributed by atoms with van der Waals surface area (Å²) in [6.07, 6.45) is 1.64. The Morgan fingerprint density at radius 2 is 1.84 bits per heavy atom. The van der Waals surface area contributed by atoms with Crippen molar-refractivity contribution in [2.75, 3.05) is 12.4 Å². The highest BCUT2D eigenvalue weighted by molar-refractivity contribution is 7.17. The molecule has 2 aromatic heterocycles. The molecule has 0 saturated heterocycles. The van der Waals surface area contributed by atoms with Gasteiger partial charge in [-0.05, 0) is 41.5 Å². The molecule has 0 saturated carbocycles. The number of aromatic nitrogens is 1. The fourth-order valence-electron chi connectivity index (χ4n) is 2.24. The second kappa shape index (κ2) is 7.27. The lowest BCUT2D eigenvalue weighted by molar-refractivity contribution is -0.114. The number of ether oxygens (including phenoxy) is 1. The van der Waals surface area contributed by atoms with Gasteiger partial charge in [-0.15, -0.1) is 11.3 Å². The zero-order chi connectivity index (χ0) is 17.8. The normalized spacial score (nSPS) is 10.3. The SMILES string of the molecule is COC(=O)c1ccc(-c2ncccc2NC(C)=O)s1.c1cc2cc-2c1. The summed E-state index contributed by atoms with van der Waals surface area (Å²) in [6.45, 7) is 1.44. The van der Waals surface area contributed by atoms with Crippen LogP contribution in [-0.2, 0) is 9.53 Å². The van der Waals surface area contributed by atoms with Crippen LogP contribution in [0.3, 0.4) is 0 Å². The summed E-state index contributed by atoms with van der Waals surface area (Å²) in [6, 6.07) is 15.4. The molecular weight excluding hydrogens is 336 g/mol. The minimum atomic E-state index is -0.381. The molecule has 6 heteroatoms. The monoisotopic (exact) mass is 352 g/mol. The van der Waals surface area contributed by atoms with Gasteiger partial charge in [0, 0.05) is 13.1 Å². The quantitative estimate of drug-likeness (QED) is 0.561. The Morgan fingerprint density at radius 1 is 1.08 bits per heavy atom. The van der Waals surface area contributed by atoms with Crippen LogP contribution < -0.4 is 5.32 Å². The molecule has 0 aromatic carbocycles. The zero-order valence-corrected chi connectivity index (χ0v) is 14.6. The standard InChI is InChI=1S/C13H12N2O3S.C6H4/c1-8(16)15-9-4-3-7-14-12(9)10-5-6-11(19-10)13(17)18-2;1-2-5-4-6(5)3-1/h3-7H,1-2H3,(H,15,16);1-4H. The Morgan fingerprint density at radius 3 is 2.40 bits per heavy atom. The van der Waals surface area contributed by atoms with Gasteiger partial charge in [0.25, 0.3) is 0 Å². The van der Waals surface area contributed by atoms with Gasteiger partial charge in [-0.25, -0.2) is 4.79 Å². The Kier molecular flexibility index (Phi) is 4.90. The van der Waals surface area contributed by atoms with Crippen molar-refractivity contribution in [1.29, 1.82) is 0 Å². The molecule has 2 heterocycles. The summed E-state index contributed by atoms with van der Waals surface area (Å²) >= 11 is 1.27. The number of rotatable bonds is 3. The van der Waals surface area contributed by atoms with E-state index in [4.69, 9.17) is 0 Å². The number of hydrogen-bond acceptors (Lipinski definition) is 5. The smallest absolute Gasteiger partial charge is 0.348 e. The number of nitrogens with one attached hydrogen (secondary N) is 1. The van der Waals surface area contributed by atoms with Gasteiger partial charge in [-0.1, -0.05) is 18.2 Å². The van der Waals surface area contributed by atoms with Gasteiger partial charge in [-0.2, -0.15) is 0 Å². The topological polar surface area (TPSA) is 68.3 Å². The predicted molar refractivity (Wildman–Crippen MR) is 98.6 cm³/mol. The van der Waals surface area contributed by atoms with E-state index in [1.807, 2.05) is 0 Å². The van der Waals surface area contributed by atoms with Gasteiger partial charge >= 0.3 is 5.97 Å². The van der Waals surface area contributed by atoms with Crippen molar-refractivity contribution in [3.8, 4) is 21.7 Å². The molecular formula is C19H16N2O3S. The summed E-state index contributed by atoms with van der Waals surface area (Å²) in [4.78, 5) is 28.1. The van der Waals surface area contributed by atoms with Crippen molar-refractivity contribution < 1.29 is 14.3 Å². The highest BCUT2D eigenvalue weighted by Gasteiger charge is 2.14. The first-order chi connectivity index (χ1) is 12.1. The average molecular weight is 352 g/mol. The maximum Gasteiger partial charge on any atom is 0.348 e. The molecule has 0 unspecified atom stereocenters. The molecule has 4 rings (SSSR count). The van der Waals surface area contributed by atoms with Crippen LogP contribution in [0.4, 0.5) is 5.69 Å². The lowest BCUT2D eigenvalue weighted by Crippen LogP contribution is -2.07. The first-order valence-corrected chi connectivity index (χ1v) is 8.41. The number of amides is 1. The Bertz CT molecular complexity index is 916. The van der Waals surface area contributed by atoms with Crippen molar-refractivity contribution in [1.82, 2.24) is 4.98 Å². The lowest BCUT2D eigenvalue weighted by Gasteiger charge is -2.06. The minimum absolute atomic E-state index is 0.168. The molecule has 0 spiro atoms. The van der Waals surface area contributed by atoms with Gasteiger partial charge in [0.1, 0.15) is 10.6 Å². The van der Waals surface area contributed by atoms with Gasteiger partial charge in [0.05, 0.1) is 17.7 Å². The molecule has 0 aliphatic heterocycles. The summed E-state index contributed by atoms with van der Waals surface area (Å²) in [5.41, 5.74) is 4.11. The number of benzene rings is 1. The van der Waals surface area contributed by atoms with E-state index in [1.54, 1.807) is 30.5 Å². The highest BCUT2D eigenvalue weighted by Crippen LogP contribution is 2.33. The van der Waals surface area contributed by atoms with Crippen LogP contribution in [0.1, 0.15) is 16.6 Å². The lowest BCUT2D eigenvalue weighted by atomic mass is 10.2. The van der Waals surface area contributed by atoms with E-state index in [0.717, 1.165) is 4.88 Å². The maximum absolute atomic E-state index is 11.4. The van der Waals surface area contributed by atoms with Crippen molar-refractivity contribution in [2.24, 2.45) is 0 Å². The second-order valence-corrected chi connectivity index (χ2v) is 6.40. The van der Waals surface area contributed by atoms with E-state index in [1.165, 1.54) is 36.5 Å². The summed E-state index contributed by atoms with van der Waals surface area (Å²) in [7, 11) is 1.34. The van der Waals surface area contributed by atoms with Crippen molar-refractivity contribution in [3.63, 3.8) is 0 Å². The molecule has 1 amide bonds. The first-order valence-electron chi connectivity index (χ1n) is 7.60. The molecule has 0 radical (unpaired) electrons. The van der Waals surface area contributed by atoms with Crippen molar-refractivity contribution >= 4 is 28.9 Å². The minimum Gasteiger partial charge on any atom is -0.465 e. The van der Waals surface area contributed by atoms with Crippen LogP contribution in [0.5, 0.6) is 0 Å². The van der Waals surface area contributed by atoms with Crippen LogP contribution in [0.2, 0.25) is 0 Å². The number of esters is 1. The largest absolute Gasteiger partial charge is 0.465 e. The number of carbonyl (C=O) groups excluding carboxylic acids is 2. The number of pyridine rings is 1. The molecule has 0 fully saturated rings. The fraction of sp³-hybridized carbons (Fsp3) is 0.105. The third-order valence-corrected chi connectivity index (χ3v) is 4.53. The van der Waals surface area contributed by atoms with Gasteiger partial charge in [0.15, 0.2) is 0 Å². The van der Waals surface area contributed by atoms with E-state index >= 15 is 0 Å². The van der Waals surface area contributed by atoms with Crippen LogP contribution >= 0.6 is 11.3 Å². The molecule has 126 valence electrons. The number of hydrogen-bond donors (Lipinski definition) is 1. The molecule has 2 aliphatic carbocycles. The Hall–Kier alpha value is -2.99. The highest BCUT2D eigenvalue weighted by atomic mass is 32.1. The predicted octanol–water partition coefficient (Wildman–Crippen LogP) is 4.22. The second-order valence-electron chi connectivity index (χ2n) is 5.32. The molecule has 1 N–H and O–H groups in total. The molecule has 2 aromatic rings. The van der Waals surface area contributed by atoms with Crippen LogP contribution in [0.25, 0.3) is 21.7 Å². The Labute approximate surface area is 149 Å². The first kappa shape index (κ1) is 16.9.